The van der Waals surface area contributed by atoms with Gasteiger partial charge in [-0.2, -0.15) is 0 Å². The summed E-state index contributed by atoms with van der Waals surface area (Å²) in [6, 6.07) is 8.55. The lowest BCUT2D eigenvalue weighted by atomic mass is 9.97. The van der Waals surface area contributed by atoms with Crippen molar-refractivity contribution >= 4 is 17.5 Å². The number of nitrogens with one attached hydrogen (secondary N) is 1. The van der Waals surface area contributed by atoms with Gasteiger partial charge < -0.3 is 15.0 Å². The van der Waals surface area contributed by atoms with E-state index in [0.29, 0.717) is 44.0 Å². The predicted molar refractivity (Wildman–Crippen MR) is 118 cm³/mol. The molecule has 0 aliphatic carbocycles. The number of carbonyl (C=O) groups is 2. The molecule has 2 atom stereocenters. The molecule has 2 saturated heterocycles. The van der Waals surface area contributed by atoms with Crippen LogP contribution in [0.2, 0.25) is 0 Å². The first-order valence-electron chi connectivity index (χ1n) is 11.1. The molecule has 31 heavy (non-hydrogen) atoms. The van der Waals surface area contributed by atoms with Crippen molar-refractivity contribution in [3.05, 3.63) is 53.0 Å². The van der Waals surface area contributed by atoms with Gasteiger partial charge in [-0.3, -0.25) is 9.59 Å². The van der Waals surface area contributed by atoms with E-state index in [1.807, 2.05) is 6.92 Å². The van der Waals surface area contributed by atoms with E-state index in [1.54, 1.807) is 4.90 Å². The van der Waals surface area contributed by atoms with Crippen molar-refractivity contribution in [2.24, 2.45) is 0 Å². The zero-order chi connectivity index (χ0) is 21.8. The SMILES string of the molecule is Cc1ccc(C2CCCC(CNc3ncnc(C(=O)N4CCC(=O)CC4)c3C)O2)cc1. The van der Waals surface area contributed by atoms with E-state index >= 15 is 0 Å². The molecule has 2 aromatic rings. The second-order valence-corrected chi connectivity index (χ2v) is 8.50. The van der Waals surface area contributed by atoms with Gasteiger partial charge in [0.05, 0.1) is 12.2 Å². The summed E-state index contributed by atoms with van der Waals surface area (Å²) in [6.45, 7) is 5.50. The standard InChI is InChI=1S/C24H30N4O3/c1-16-6-8-18(9-7-16)21-5-3-4-20(31-21)14-25-23-17(2)22(26-15-27-23)24(30)28-12-10-19(29)11-13-28/h6-9,15,20-21H,3-5,10-14H2,1-2H3,(H,25,26,27). The van der Waals surface area contributed by atoms with Crippen LogP contribution in [0.3, 0.4) is 0 Å². The van der Waals surface area contributed by atoms with Crippen molar-refractivity contribution in [2.45, 2.75) is 58.2 Å². The summed E-state index contributed by atoms with van der Waals surface area (Å²) < 4.78 is 6.34. The molecule has 0 saturated carbocycles. The highest BCUT2D eigenvalue weighted by Crippen LogP contribution is 2.31. The number of nitrogens with zero attached hydrogens (tertiary/aromatic N) is 3. The van der Waals surface area contributed by atoms with Crippen LogP contribution in [0.25, 0.3) is 0 Å². The molecule has 1 N–H and O–H groups in total. The Labute approximate surface area is 183 Å². The Morgan fingerprint density at radius 1 is 1.13 bits per heavy atom. The molecule has 4 rings (SSSR count). The molecule has 1 amide bonds. The van der Waals surface area contributed by atoms with Crippen molar-refractivity contribution in [3.8, 4) is 0 Å². The minimum absolute atomic E-state index is 0.0849. The maximum Gasteiger partial charge on any atom is 0.272 e. The highest BCUT2D eigenvalue weighted by Gasteiger charge is 2.26. The van der Waals surface area contributed by atoms with E-state index in [9.17, 15) is 9.59 Å². The lowest BCUT2D eigenvalue weighted by molar-refractivity contribution is -0.120. The maximum atomic E-state index is 12.9. The largest absolute Gasteiger partial charge is 0.368 e. The fourth-order valence-electron chi connectivity index (χ4n) is 4.24. The van der Waals surface area contributed by atoms with E-state index in [4.69, 9.17) is 4.74 Å². The average molecular weight is 423 g/mol. The summed E-state index contributed by atoms with van der Waals surface area (Å²) >= 11 is 0. The van der Waals surface area contributed by atoms with Crippen LogP contribution in [0, 0.1) is 13.8 Å². The van der Waals surface area contributed by atoms with E-state index in [-0.39, 0.29) is 23.9 Å². The molecule has 1 aromatic carbocycles. The zero-order valence-corrected chi connectivity index (χ0v) is 18.3. The second-order valence-electron chi connectivity index (χ2n) is 8.50. The second kappa shape index (κ2) is 9.56. The number of carbonyl (C=O) groups excluding carboxylic acids is 2. The van der Waals surface area contributed by atoms with Gasteiger partial charge in [0.15, 0.2) is 0 Å². The molecule has 0 spiro atoms. The molecule has 0 radical (unpaired) electrons. The van der Waals surface area contributed by atoms with E-state index in [1.165, 1.54) is 17.5 Å². The molecule has 164 valence electrons. The van der Waals surface area contributed by atoms with Crippen molar-refractivity contribution in [1.29, 1.82) is 0 Å². The minimum atomic E-state index is -0.135. The molecule has 2 aliphatic rings. The molecule has 2 aliphatic heterocycles. The summed E-state index contributed by atoms with van der Waals surface area (Å²) in [6.07, 6.45) is 5.60. The molecule has 3 heterocycles. The van der Waals surface area contributed by atoms with E-state index in [2.05, 4.69) is 46.5 Å². The number of rotatable bonds is 5. The molecule has 7 heteroatoms. The van der Waals surface area contributed by atoms with Gasteiger partial charge in [-0.1, -0.05) is 29.8 Å². The van der Waals surface area contributed by atoms with Gasteiger partial charge >= 0.3 is 0 Å². The summed E-state index contributed by atoms with van der Waals surface area (Å²) in [4.78, 5) is 34.6. The molecule has 7 nitrogen and oxygen atoms in total. The molecule has 2 unspecified atom stereocenters. The fraction of sp³-hybridized carbons (Fsp3) is 0.500. The summed E-state index contributed by atoms with van der Waals surface area (Å²) in [7, 11) is 0. The number of hydrogen-bond acceptors (Lipinski definition) is 6. The topological polar surface area (TPSA) is 84.4 Å². The Hall–Kier alpha value is -2.80. The van der Waals surface area contributed by atoms with Crippen LogP contribution in [0.1, 0.15) is 65.4 Å². The van der Waals surface area contributed by atoms with Gasteiger partial charge in [0, 0.05) is 38.0 Å². The monoisotopic (exact) mass is 422 g/mol. The number of ether oxygens (including phenoxy) is 1. The third-order valence-corrected chi connectivity index (χ3v) is 6.19. The Balaban J connectivity index is 1.38. The summed E-state index contributed by atoms with van der Waals surface area (Å²) in [5, 5.41) is 3.37. The molecular formula is C24H30N4O3. The zero-order valence-electron chi connectivity index (χ0n) is 18.3. The number of amides is 1. The quantitative estimate of drug-likeness (QED) is 0.792. The highest BCUT2D eigenvalue weighted by atomic mass is 16.5. The molecule has 0 bridgehead atoms. The first-order chi connectivity index (χ1) is 15.0. The maximum absolute atomic E-state index is 12.9. The van der Waals surface area contributed by atoms with E-state index < -0.39 is 0 Å². The van der Waals surface area contributed by atoms with Crippen LogP contribution < -0.4 is 5.32 Å². The van der Waals surface area contributed by atoms with E-state index in [0.717, 1.165) is 24.8 Å². The lowest BCUT2D eigenvalue weighted by Crippen LogP contribution is -2.39. The minimum Gasteiger partial charge on any atom is -0.368 e. The first-order valence-corrected chi connectivity index (χ1v) is 11.1. The summed E-state index contributed by atoms with van der Waals surface area (Å²) in [5.74, 6) is 0.735. The third kappa shape index (κ3) is 5.10. The van der Waals surface area contributed by atoms with Crippen molar-refractivity contribution in [3.63, 3.8) is 0 Å². The number of piperidine rings is 1. The average Bonchev–Trinajstić information content (AvgIpc) is 2.79. The Kier molecular flexibility index (Phi) is 6.61. The Bertz CT molecular complexity index is 934. The molecular weight excluding hydrogens is 392 g/mol. The van der Waals surface area contributed by atoms with Gasteiger partial charge in [0.1, 0.15) is 23.6 Å². The number of anilines is 1. The van der Waals surface area contributed by atoms with Crippen LogP contribution in [-0.4, -0.2) is 52.3 Å². The number of Topliss-reactive ketones (excluding diaryl/α,β-unsaturated/α-hetero) is 1. The van der Waals surface area contributed by atoms with Gasteiger partial charge in [-0.25, -0.2) is 9.97 Å². The number of ketones is 1. The molecule has 1 aromatic heterocycles. The Morgan fingerprint density at radius 3 is 2.61 bits per heavy atom. The van der Waals surface area contributed by atoms with Crippen LogP contribution in [-0.2, 0) is 9.53 Å². The first kappa shape index (κ1) is 21.4. The van der Waals surface area contributed by atoms with Crippen LogP contribution >= 0.6 is 0 Å². The normalized spacial score (nSPS) is 21.7. The third-order valence-electron chi connectivity index (χ3n) is 6.19. The Morgan fingerprint density at radius 2 is 1.87 bits per heavy atom. The van der Waals surface area contributed by atoms with Gasteiger partial charge in [-0.05, 0) is 38.7 Å². The van der Waals surface area contributed by atoms with Gasteiger partial charge in [-0.15, -0.1) is 0 Å². The lowest BCUT2D eigenvalue weighted by Gasteiger charge is -2.31. The predicted octanol–water partition coefficient (Wildman–Crippen LogP) is 3.62. The number of benzene rings is 1. The van der Waals surface area contributed by atoms with Gasteiger partial charge in [0.25, 0.3) is 5.91 Å². The van der Waals surface area contributed by atoms with Crippen LogP contribution in [0.4, 0.5) is 5.82 Å². The van der Waals surface area contributed by atoms with Crippen LogP contribution in [0.15, 0.2) is 30.6 Å². The number of hydrogen-bond donors (Lipinski definition) is 1. The van der Waals surface area contributed by atoms with Crippen molar-refractivity contribution in [1.82, 2.24) is 14.9 Å². The van der Waals surface area contributed by atoms with Crippen molar-refractivity contribution in [2.75, 3.05) is 25.0 Å². The van der Waals surface area contributed by atoms with Gasteiger partial charge in [0.2, 0.25) is 0 Å². The smallest absolute Gasteiger partial charge is 0.272 e. The fourth-order valence-corrected chi connectivity index (χ4v) is 4.24. The molecule has 2 fully saturated rings. The number of aromatic nitrogens is 2. The van der Waals surface area contributed by atoms with Crippen molar-refractivity contribution < 1.29 is 14.3 Å². The number of aryl methyl sites for hydroxylation is 1. The summed E-state index contributed by atoms with van der Waals surface area (Å²) in [5.41, 5.74) is 3.60. The number of likely N-dealkylation sites (tertiary alicyclic amines) is 1. The van der Waals surface area contributed by atoms with Crippen LogP contribution in [0.5, 0.6) is 0 Å². The highest BCUT2D eigenvalue weighted by molar-refractivity contribution is 5.95.